The zero-order valence-electron chi connectivity index (χ0n) is 4.08. The monoisotopic (exact) mass is 150 g/mol. The van der Waals surface area contributed by atoms with Crippen molar-refractivity contribution in [2.45, 2.75) is 5.37 Å². The zero-order valence-corrected chi connectivity index (χ0v) is 5.65. The summed E-state index contributed by atoms with van der Waals surface area (Å²) < 4.78 is 0.859. The highest BCUT2D eigenvalue weighted by Crippen LogP contribution is 2.20. The van der Waals surface area contributed by atoms with E-state index in [1.54, 1.807) is 5.41 Å². The summed E-state index contributed by atoms with van der Waals surface area (Å²) in [4.78, 5) is 10.5. The Hall–Kier alpha value is -0.0200. The molecule has 0 radical (unpaired) electrons. The number of hydrogen-bond acceptors (Lipinski definition) is 2. The van der Waals surface area contributed by atoms with E-state index < -0.39 is 0 Å². The van der Waals surface area contributed by atoms with Crippen LogP contribution >= 0.6 is 23.4 Å². The summed E-state index contributed by atoms with van der Waals surface area (Å²) in [6, 6.07) is 0. The number of thioether (sulfide) groups is 1. The van der Waals surface area contributed by atoms with Crippen molar-refractivity contribution in [3.8, 4) is 0 Å². The van der Waals surface area contributed by atoms with Gasteiger partial charge in [-0.2, -0.15) is 0 Å². The Balaban J connectivity index is 2.51. The average Bonchev–Trinajstić information content (AvgIpc) is 2.14. The van der Waals surface area contributed by atoms with Gasteiger partial charge in [-0.25, -0.2) is 0 Å². The van der Waals surface area contributed by atoms with Crippen LogP contribution in [0.5, 0.6) is 0 Å². The molecule has 1 heterocycles. The van der Waals surface area contributed by atoms with Crippen molar-refractivity contribution < 1.29 is 4.76 Å². The van der Waals surface area contributed by atoms with Crippen LogP contribution in [0.3, 0.4) is 0 Å². The maximum absolute atomic E-state index is 10.5. The normalized spacial score (nSPS) is 27.1. The topological polar surface area (TPSA) is 20.1 Å². The van der Waals surface area contributed by atoms with Gasteiger partial charge in [-0.3, -0.25) is 0 Å². The van der Waals surface area contributed by atoms with Crippen LogP contribution in [0.4, 0.5) is 0 Å². The molecule has 0 N–H and O–H groups in total. The lowest BCUT2D eigenvalue weighted by Gasteiger charge is -1.88. The van der Waals surface area contributed by atoms with Crippen LogP contribution in [0.1, 0.15) is 0 Å². The van der Waals surface area contributed by atoms with E-state index in [1.165, 1.54) is 18.0 Å². The van der Waals surface area contributed by atoms with E-state index in [1.807, 2.05) is 0 Å². The minimum atomic E-state index is -0.0864. The van der Waals surface area contributed by atoms with Crippen LogP contribution < -0.4 is 0 Å². The molecule has 1 unspecified atom stereocenters. The predicted molar refractivity (Wildman–Crippen MR) is 34.9 cm³/mol. The molecule has 0 spiro atoms. The lowest BCUT2D eigenvalue weighted by Crippen LogP contribution is -2.12. The Morgan fingerprint density at radius 1 is 1.88 bits per heavy atom. The third-order valence-corrected chi connectivity index (χ3v) is 2.30. The molecule has 0 saturated heterocycles. The van der Waals surface area contributed by atoms with Crippen LogP contribution in [-0.4, -0.2) is 16.0 Å². The second-order valence-corrected chi connectivity index (χ2v) is 2.79. The molecule has 0 aromatic heterocycles. The zero-order chi connectivity index (χ0) is 5.98. The van der Waals surface area contributed by atoms with E-state index in [0.29, 0.717) is 5.88 Å². The van der Waals surface area contributed by atoms with Gasteiger partial charge < -0.3 is 0 Å². The van der Waals surface area contributed by atoms with Crippen molar-refractivity contribution in [1.82, 2.24) is 0 Å². The molecule has 0 fully saturated rings. The van der Waals surface area contributed by atoms with E-state index >= 15 is 0 Å². The molecular weight excluding hydrogens is 146 g/mol. The average molecular weight is 151 g/mol. The van der Waals surface area contributed by atoms with Gasteiger partial charge in [-0.15, -0.1) is 11.6 Å². The second kappa shape index (κ2) is 2.51. The highest BCUT2D eigenvalue weighted by atomic mass is 35.5. The molecule has 0 amide bonds. The standard InChI is InChI=1S/C4H5ClNOS/c5-3-4-6(7)1-2-8-4/h1-2,4H,3H2/q+1. The highest BCUT2D eigenvalue weighted by Gasteiger charge is 2.26. The molecule has 1 atom stereocenters. The van der Waals surface area contributed by atoms with Crippen LogP contribution in [-0.2, 0) is 0 Å². The summed E-state index contributed by atoms with van der Waals surface area (Å²) in [6.45, 7) is 0. The Bertz CT molecular complexity index is 136. The van der Waals surface area contributed by atoms with Crippen LogP contribution in [0.2, 0.25) is 0 Å². The summed E-state index contributed by atoms with van der Waals surface area (Å²) in [7, 11) is 0. The molecule has 0 aromatic carbocycles. The van der Waals surface area contributed by atoms with Gasteiger partial charge in [0.1, 0.15) is 0 Å². The quantitative estimate of drug-likeness (QED) is 0.418. The predicted octanol–water partition coefficient (Wildman–Crippen LogP) is 1.55. The van der Waals surface area contributed by atoms with E-state index in [4.69, 9.17) is 11.6 Å². The smallest absolute Gasteiger partial charge is 0.118 e. The van der Waals surface area contributed by atoms with Crippen LogP contribution in [0.25, 0.3) is 0 Å². The Labute approximate surface area is 56.5 Å². The lowest BCUT2D eigenvalue weighted by molar-refractivity contribution is -0.485. The van der Waals surface area contributed by atoms with Crippen LogP contribution in [0, 0.1) is 4.91 Å². The van der Waals surface area contributed by atoms with Crippen molar-refractivity contribution >= 4 is 23.4 Å². The van der Waals surface area contributed by atoms with E-state index in [9.17, 15) is 4.91 Å². The molecular formula is C4H5ClNOS+. The summed E-state index contributed by atoms with van der Waals surface area (Å²) >= 11 is 6.85. The minimum absolute atomic E-state index is 0.0864. The SMILES string of the molecule is O=[N+]1C=CSC1CCl. The number of rotatable bonds is 1. The van der Waals surface area contributed by atoms with Crippen molar-refractivity contribution in [1.29, 1.82) is 0 Å². The maximum Gasteiger partial charge on any atom is 0.270 e. The molecule has 44 valence electrons. The Kier molecular flexibility index (Phi) is 1.91. The Morgan fingerprint density at radius 3 is 2.88 bits per heavy atom. The van der Waals surface area contributed by atoms with Gasteiger partial charge in [0, 0.05) is 15.1 Å². The molecule has 4 heteroatoms. The third kappa shape index (κ3) is 1.03. The third-order valence-electron chi connectivity index (χ3n) is 0.859. The Morgan fingerprint density at radius 2 is 2.62 bits per heavy atom. The van der Waals surface area contributed by atoms with Gasteiger partial charge in [0.05, 0.1) is 5.88 Å². The first-order valence-corrected chi connectivity index (χ1v) is 3.66. The largest absolute Gasteiger partial charge is 0.270 e. The van der Waals surface area contributed by atoms with E-state index in [-0.39, 0.29) is 5.37 Å². The number of halogens is 1. The van der Waals surface area contributed by atoms with Crippen LogP contribution in [0.15, 0.2) is 11.6 Å². The summed E-state index contributed by atoms with van der Waals surface area (Å²) in [5.41, 5.74) is 0. The molecule has 8 heavy (non-hydrogen) atoms. The number of alkyl halides is 1. The molecule has 1 rings (SSSR count). The molecule has 2 nitrogen and oxygen atoms in total. The van der Waals surface area contributed by atoms with Gasteiger partial charge >= 0.3 is 0 Å². The van der Waals surface area contributed by atoms with E-state index in [2.05, 4.69) is 0 Å². The summed E-state index contributed by atoms with van der Waals surface area (Å²) in [5, 5.41) is 1.66. The number of hydrogen-bond donors (Lipinski definition) is 0. The molecule has 0 saturated carbocycles. The first kappa shape index (κ1) is 6.11. The maximum atomic E-state index is 10.5. The van der Waals surface area contributed by atoms with Gasteiger partial charge in [-0.1, -0.05) is 0 Å². The van der Waals surface area contributed by atoms with Crippen molar-refractivity contribution in [3.05, 3.63) is 16.5 Å². The summed E-state index contributed by atoms with van der Waals surface area (Å²) in [5.74, 6) is 0.390. The highest BCUT2D eigenvalue weighted by molar-refractivity contribution is 8.02. The molecule has 1 aliphatic rings. The number of nitroso groups, excluding NO2 is 1. The molecule has 0 bridgehead atoms. The molecule has 0 aromatic rings. The molecule has 0 aliphatic carbocycles. The fourth-order valence-electron chi connectivity index (χ4n) is 0.446. The number of nitrogens with zero attached hydrogens (tertiary/aromatic N) is 1. The first-order chi connectivity index (χ1) is 3.84. The van der Waals surface area contributed by atoms with Gasteiger partial charge in [0.15, 0.2) is 0 Å². The van der Waals surface area contributed by atoms with Gasteiger partial charge in [0.25, 0.3) is 5.37 Å². The second-order valence-electron chi connectivity index (χ2n) is 1.39. The lowest BCUT2D eigenvalue weighted by atomic mass is 10.7. The van der Waals surface area contributed by atoms with E-state index in [0.717, 1.165) is 4.76 Å². The van der Waals surface area contributed by atoms with Crippen molar-refractivity contribution in [2.24, 2.45) is 0 Å². The minimum Gasteiger partial charge on any atom is -0.118 e. The fraction of sp³-hybridized carbons (Fsp3) is 0.500. The molecule has 1 aliphatic heterocycles. The van der Waals surface area contributed by atoms with Crippen molar-refractivity contribution in [2.75, 3.05) is 5.88 Å². The summed E-state index contributed by atoms with van der Waals surface area (Å²) in [6.07, 6.45) is 1.48. The van der Waals surface area contributed by atoms with Crippen molar-refractivity contribution in [3.63, 3.8) is 0 Å². The van der Waals surface area contributed by atoms with Gasteiger partial charge in [0.2, 0.25) is 6.20 Å². The van der Waals surface area contributed by atoms with Gasteiger partial charge in [-0.05, 0) is 11.8 Å². The first-order valence-electron chi connectivity index (χ1n) is 2.18. The fourth-order valence-corrected chi connectivity index (χ4v) is 1.44.